The summed E-state index contributed by atoms with van der Waals surface area (Å²) < 4.78 is 18.2. The van der Waals surface area contributed by atoms with E-state index in [1.807, 2.05) is 19.9 Å². The molecule has 0 spiro atoms. The molecule has 1 aromatic heterocycles. The second-order valence-corrected chi connectivity index (χ2v) is 4.98. The number of hydrogen-bond donors (Lipinski definition) is 1. The summed E-state index contributed by atoms with van der Waals surface area (Å²) >= 11 is 6.07. The molecule has 1 atom stereocenters. The lowest BCUT2D eigenvalue weighted by atomic mass is 10.1. The Balaban J connectivity index is 2.25. The van der Waals surface area contributed by atoms with Crippen LogP contribution in [0, 0.1) is 12.7 Å². The molecule has 106 valence electrons. The number of pyridine rings is 1. The van der Waals surface area contributed by atoms with Crippen molar-refractivity contribution in [3.05, 3.63) is 52.6 Å². The van der Waals surface area contributed by atoms with Gasteiger partial charge in [-0.3, -0.25) is 4.98 Å². The lowest BCUT2D eigenvalue weighted by Gasteiger charge is -2.18. The van der Waals surface area contributed by atoms with E-state index in [1.165, 1.54) is 12.3 Å². The normalized spacial score (nSPS) is 12.1. The van der Waals surface area contributed by atoms with Crippen LogP contribution in [-0.2, 0) is 0 Å². The molecule has 2 aromatic rings. The molecule has 1 heterocycles. The van der Waals surface area contributed by atoms with Crippen molar-refractivity contribution in [1.29, 1.82) is 0 Å². The Morgan fingerprint density at radius 3 is 2.70 bits per heavy atom. The topological polar surface area (TPSA) is 34.1 Å². The van der Waals surface area contributed by atoms with Crippen LogP contribution in [-0.4, -0.2) is 12.1 Å². The summed E-state index contributed by atoms with van der Waals surface area (Å²) in [5.74, 6) is 0.315. The molecule has 3 nitrogen and oxygen atoms in total. The van der Waals surface area contributed by atoms with Gasteiger partial charge < -0.3 is 10.1 Å². The van der Waals surface area contributed by atoms with Gasteiger partial charge in [0.1, 0.15) is 11.6 Å². The smallest absolute Gasteiger partial charge is 0.143 e. The van der Waals surface area contributed by atoms with Gasteiger partial charge in [0.25, 0.3) is 0 Å². The molecule has 2 rings (SSSR count). The van der Waals surface area contributed by atoms with E-state index in [4.69, 9.17) is 16.3 Å². The highest BCUT2D eigenvalue weighted by atomic mass is 35.5. The third-order valence-corrected chi connectivity index (χ3v) is 3.45. The number of aromatic nitrogens is 1. The monoisotopic (exact) mass is 294 g/mol. The summed E-state index contributed by atoms with van der Waals surface area (Å²) in [6, 6.07) is 6.66. The quantitative estimate of drug-likeness (QED) is 0.909. The van der Waals surface area contributed by atoms with Gasteiger partial charge >= 0.3 is 0 Å². The highest BCUT2D eigenvalue weighted by Gasteiger charge is 2.12. The zero-order chi connectivity index (χ0) is 14.7. The number of nitrogens with zero attached hydrogens (tertiary/aromatic N) is 1. The van der Waals surface area contributed by atoms with Gasteiger partial charge in [0, 0.05) is 11.1 Å². The van der Waals surface area contributed by atoms with E-state index in [2.05, 4.69) is 10.3 Å². The van der Waals surface area contributed by atoms with E-state index in [9.17, 15) is 4.39 Å². The Morgan fingerprint density at radius 1 is 1.35 bits per heavy atom. The van der Waals surface area contributed by atoms with Gasteiger partial charge in [0.2, 0.25) is 0 Å². The minimum atomic E-state index is -0.346. The molecular formula is C15H16ClFN2O. The van der Waals surface area contributed by atoms with Crippen molar-refractivity contribution in [2.75, 3.05) is 12.4 Å². The van der Waals surface area contributed by atoms with Crippen LogP contribution >= 0.6 is 11.6 Å². The lowest BCUT2D eigenvalue weighted by molar-refractivity contribution is 0.416. The van der Waals surface area contributed by atoms with Crippen molar-refractivity contribution in [3.8, 4) is 5.75 Å². The lowest BCUT2D eigenvalue weighted by Crippen LogP contribution is -2.09. The third-order valence-electron chi connectivity index (χ3n) is 3.05. The summed E-state index contributed by atoms with van der Waals surface area (Å²) in [5, 5.41) is 3.95. The highest BCUT2D eigenvalue weighted by Crippen LogP contribution is 2.33. The van der Waals surface area contributed by atoms with Crippen LogP contribution in [0.3, 0.4) is 0 Å². The largest absolute Gasteiger partial charge is 0.495 e. The summed E-state index contributed by atoms with van der Waals surface area (Å²) in [5.41, 5.74) is 2.53. The van der Waals surface area contributed by atoms with Crippen LogP contribution in [0.15, 0.2) is 30.5 Å². The number of aryl methyl sites for hydroxylation is 1. The zero-order valence-corrected chi connectivity index (χ0v) is 12.3. The van der Waals surface area contributed by atoms with Crippen molar-refractivity contribution >= 4 is 17.3 Å². The molecule has 0 bridgehead atoms. The molecule has 0 amide bonds. The molecule has 0 aliphatic heterocycles. The summed E-state index contributed by atoms with van der Waals surface area (Å²) in [4.78, 5) is 4.07. The van der Waals surface area contributed by atoms with Crippen molar-refractivity contribution in [2.24, 2.45) is 0 Å². The standard InChI is InChI=1S/C15H16ClFN2O/c1-9-6-14(15(20-3)7-12(9)16)19-10(2)13-5-4-11(17)8-18-13/h4-8,10,19H,1-3H3. The zero-order valence-electron chi connectivity index (χ0n) is 11.6. The van der Waals surface area contributed by atoms with Gasteiger partial charge in [0.15, 0.2) is 0 Å². The molecule has 0 fully saturated rings. The summed E-state index contributed by atoms with van der Waals surface area (Å²) in [7, 11) is 1.59. The first-order chi connectivity index (χ1) is 9.51. The van der Waals surface area contributed by atoms with E-state index in [0.29, 0.717) is 10.8 Å². The maximum Gasteiger partial charge on any atom is 0.143 e. The maximum absolute atomic E-state index is 12.9. The number of methoxy groups -OCH3 is 1. The van der Waals surface area contributed by atoms with Gasteiger partial charge in [-0.15, -0.1) is 0 Å². The highest BCUT2D eigenvalue weighted by molar-refractivity contribution is 6.31. The number of halogens is 2. The van der Waals surface area contributed by atoms with E-state index in [0.717, 1.165) is 16.9 Å². The van der Waals surface area contributed by atoms with Crippen LogP contribution in [0.5, 0.6) is 5.75 Å². The maximum atomic E-state index is 12.9. The number of ether oxygens (including phenoxy) is 1. The summed E-state index contributed by atoms with van der Waals surface area (Å²) in [6.07, 6.45) is 1.21. The fourth-order valence-corrected chi connectivity index (χ4v) is 2.05. The average Bonchev–Trinajstić information content (AvgIpc) is 2.43. The predicted molar refractivity (Wildman–Crippen MR) is 79.0 cm³/mol. The van der Waals surface area contributed by atoms with Crippen LogP contribution < -0.4 is 10.1 Å². The fraction of sp³-hybridized carbons (Fsp3) is 0.267. The Kier molecular flexibility index (Phi) is 4.45. The second kappa shape index (κ2) is 6.09. The van der Waals surface area contributed by atoms with E-state index in [1.54, 1.807) is 19.2 Å². The van der Waals surface area contributed by atoms with Crippen molar-refractivity contribution in [3.63, 3.8) is 0 Å². The van der Waals surface area contributed by atoms with Crippen LogP contribution in [0.2, 0.25) is 5.02 Å². The van der Waals surface area contributed by atoms with E-state index >= 15 is 0 Å². The molecule has 1 aromatic carbocycles. The van der Waals surface area contributed by atoms with Gasteiger partial charge in [-0.05, 0) is 37.6 Å². The number of hydrogen-bond acceptors (Lipinski definition) is 3. The number of nitrogens with one attached hydrogen (secondary N) is 1. The molecule has 1 N–H and O–H groups in total. The van der Waals surface area contributed by atoms with Crippen molar-refractivity contribution < 1.29 is 9.13 Å². The average molecular weight is 295 g/mol. The van der Waals surface area contributed by atoms with Crippen molar-refractivity contribution in [2.45, 2.75) is 19.9 Å². The predicted octanol–water partition coefficient (Wildman–Crippen LogP) is 4.36. The molecular weight excluding hydrogens is 279 g/mol. The second-order valence-electron chi connectivity index (χ2n) is 4.57. The van der Waals surface area contributed by atoms with E-state index < -0.39 is 0 Å². The fourth-order valence-electron chi connectivity index (χ4n) is 1.90. The molecule has 0 aliphatic rings. The minimum Gasteiger partial charge on any atom is -0.495 e. The summed E-state index contributed by atoms with van der Waals surface area (Å²) in [6.45, 7) is 3.87. The number of rotatable bonds is 4. The molecule has 0 aliphatic carbocycles. The number of anilines is 1. The van der Waals surface area contributed by atoms with Gasteiger partial charge in [-0.1, -0.05) is 11.6 Å². The first-order valence-electron chi connectivity index (χ1n) is 6.23. The van der Waals surface area contributed by atoms with Gasteiger partial charge in [-0.25, -0.2) is 4.39 Å². The molecule has 0 saturated carbocycles. The van der Waals surface area contributed by atoms with Crippen LogP contribution in [0.25, 0.3) is 0 Å². The van der Waals surface area contributed by atoms with Crippen LogP contribution in [0.1, 0.15) is 24.2 Å². The Bertz CT molecular complexity index is 602. The first kappa shape index (κ1) is 14.6. The van der Waals surface area contributed by atoms with Gasteiger partial charge in [-0.2, -0.15) is 0 Å². The first-order valence-corrected chi connectivity index (χ1v) is 6.61. The van der Waals surface area contributed by atoms with Crippen molar-refractivity contribution in [1.82, 2.24) is 4.98 Å². The third kappa shape index (κ3) is 3.20. The van der Waals surface area contributed by atoms with Gasteiger partial charge in [0.05, 0.1) is 30.7 Å². The Morgan fingerprint density at radius 2 is 2.10 bits per heavy atom. The molecule has 20 heavy (non-hydrogen) atoms. The Labute approximate surface area is 122 Å². The SMILES string of the molecule is COc1cc(Cl)c(C)cc1NC(C)c1ccc(F)cn1. The molecule has 0 saturated heterocycles. The Hall–Kier alpha value is -1.81. The van der Waals surface area contributed by atoms with Crippen LogP contribution in [0.4, 0.5) is 10.1 Å². The molecule has 0 radical (unpaired) electrons. The number of benzene rings is 1. The molecule has 5 heteroatoms. The van der Waals surface area contributed by atoms with E-state index in [-0.39, 0.29) is 11.9 Å². The molecule has 1 unspecified atom stereocenters. The minimum absolute atomic E-state index is 0.0786.